The summed E-state index contributed by atoms with van der Waals surface area (Å²) in [5.74, 6) is 5.85. The van der Waals surface area contributed by atoms with E-state index in [1.165, 1.54) is 0 Å². The van der Waals surface area contributed by atoms with Crippen LogP contribution in [0.5, 0.6) is 5.75 Å². The van der Waals surface area contributed by atoms with Crippen molar-refractivity contribution in [1.82, 2.24) is 0 Å². The number of halogens is 1. The third-order valence-electron chi connectivity index (χ3n) is 1.34. The van der Waals surface area contributed by atoms with E-state index in [9.17, 15) is 0 Å². The molecular formula is C7H12ClN2O5P. The van der Waals surface area contributed by atoms with Gasteiger partial charge in [-0.2, -0.15) is 0 Å². The maximum Gasteiger partial charge on any atom is 0.466 e. The Morgan fingerprint density at radius 3 is 2.25 bits per heavy atom. The van der Waals surface area contributed by atoms with Crippen LogP contribution in [0.15, 0.2) is 18.2 Å². The summed E-state index contributed by atoms with van der Waals surface area (Å²) in [7, 11) is -3.08. The van der Waals surface area contributed by atoms with Crippen LogP contribution in [0.4, 0.5) is 5.69 Å². The number of nitrogens with one attached hydrogen (secondary N) is 1. The molecule has 6 N–H and O–H groups in total. The Morgan fingerprint density at radius 1 is 1.44 bits per heavy atom. The Kier molecular flexibility index (Phi) is 6.35. The van der Waals surface area contributed by atoms with Gasteiger partial charge < -0.3 is 24.8 Å². The Morgan fingerprint density at radius 2 is 1.94 bits per heavy atom. The zero-order chi connectivity index (χ0) is 12.8. The molecule has 0 aliphatic heterocycles. The summed E-state index contributed by atoms with van der Waals surface area (Å²) >= 11 is 5.79. The molecule has 1 aromatic rings. The van der Waals surface area contributed by atoms with E-state index in [1.807, 2.05) is 0 Å². The minimum absolute atomic E-state index is 0.548. The first-order valence-electron chi connectivity index (χ1n) is 3.87. The topological polar surface area (TPSA) is 125 Å². The van der Waals surface area contributed by atoms with Gasteiger partial charge in [0, 0.05) is 0 Å². The summed E-state index contributed by atoms with van der Waals surface area (Å²) in [6.45, 7) is 0. The average Bonchev–Trinajstić information content (AvgIpc) is 2.14. The molecule has 0 saturated carbocycles. The first-order valence-corrected chi connectivity index (χ1v) is 5.81. The first-order chi connectivity index (χ1) is 7.29. The molecule has 0 bridgehead atoms. The quantitative estimate of drug-likeness (QED) is 0.304. The molecule has 1 aromatic carbocycles. The molecule has 0 atom stereocenters. The third kappa shape index (κ3) is 6.62. The van der Waals surface area contributed by atoms with Crippen LogP contribution < -0.4 is 16.0 Å². The number of para-hydroxylation sites is 1. The molecule has 0 aromatic heterocycles. The number of benzene rings is 1. The van der Waals surface area contributed by atoms with E-state index in [1.54, 1.807) is 25.3 Å². The van der Waals surface area contributed by atoms with Crippen molar-refractivity contribution < 1.29 is 24.0 Å². The fraction of sp³-hybridized carbons (Fsp3) is 0.143. The molecule has 0 aliphatic rings. The van der Waals surface area contributed by atoms with E-state index in [2.05, 4.69) is 5.43 Å². The van der Waals surface area contributed by atoms with E-state index < -0.39 is 7.82 Å². The van der Waals surface area contributed by atoms with E-state index in [4.69, 9.17) is 41.4 Å². The number of nitrogens with two attached hydrogens (primary N) is 1. The molecule has 0 radical (unpaired) electrons. The minimum atomic E-state index is -4.64. The summed E-state index contributed by atoms with van der Waals surface area (Å²) in [6.07, 6.45) is 0. The van der Waals surface area contributed by atoms with Crippen LogP contribution in [0.25, 0.3) is 0 Å². The van der Waals surface area contributed by atoms with Gasteiger partial charge in [0.15, 0.2) is 0 Å². The molecule has 16 heavy (non-hydrogen) atoms. The van der Waals surface area contributed by atoms with Gasteiger partial charge >= 0.3 is 7.82 Å². The summed E-state index contributed by atoms with van der Waals surface area (Å²) in [5.41, 5.74) is 3.07. The Hall–Kier alpha value is -0.820. The van der Waals surface area contributed by atoms with Crippen molar-refractivity contribution in [2.75, 3.05) is 12.5 Å². The summed E-state index contributed by atoms with van der Waals surface area (Å²) < 4.78 is 13.9. The molecule has 0 aliphatic carbocycles. The second-order valence-electron chi connectivity index (χ2n) is 2.47. The van der Waals surface area contributed by atoms with Crippen LogP contribution in [0.1, 0.15) is 0 Å². The monoisotopic (exact) mass is 270 g/mol. The van der Waals surface area contributed by atoms with Crippen LogP contribution in [0, 0.1) is 0 Å². The van der Waals surface area contributed by atoms with Gasteiger partial charge in [0.05, 0.1) is 12.1 Å². The lowest BCUT2D eigenvalue weighted by atomic mass is 10.3. The highest BCUT2D eigenvalue weighted by Crippen LogP contribution is 2.30. The fourth-order valence-electron chi connectivity index (χ4n) is 0.815. The van der Waals surface area contributed by atoms with Crippen molar-refractivity contribution in [3.8, 4) is 5.75 Å². The smallest absolute Gasteiger partial charge is 0.466 e. The average molecular weight is 271 g/mol. The molecule has 7 nitrogen and oxygen atoms in total. The number of nitrogen functional groups attached to an aromatic ring is 1. The molecule has 9 heteroatoms. The lowest BCUT2D eigenvalue weighted by Gasteiger charge is -2.07. The Balaban J connectivity index is 0.000000385. The zero-order valence-corrected chi connectivity index (χ0v) is 9.94. The van der Waals surface area contributed by atoms with Crippen LogP contribution >= 0.6 is 19.4 Å². The fourth-order valence-corrected chi connectivity index (χ4v) is 1.03. The number of rotatable bonds is 2. The second kappa shape index (κ2) is 6.70. The maximum atomic E-state index is 8.88. The van der Waals surface area contributed by atoms with Gasteiger partial charge in [-0.15, -0.1) is 0 Å². The first kappa shape index (κ1) is 15.2. The Labute approximate surface area is 97.0 Å². The lowest BCUT2D eigenvalue weighted by Crippen LogP contribution is -2.08. The molecule has 0 heterocycles. The number of ether oxygens (including phenoxy) is 1. The predicted octanol–water partition coefficient (Wildman–Crippen LogP) is 0.706. The summed E-state index contributed by atoms with van der Waals surface area (Å²) in [6, 6.07) is 5.31. The number of hydrazine groups is 1. The highest BCUT2D eigenvalue weighted by atomic mass is 35.5. The van der Waals surface area contributed by atoms with Crippen molar-refractivity contribution in [1.29, 1.82) is 0 Å². The number of hydrogen-bond acceptors (Lipinski definition) is 4. The van der Waals surface area contributed by atoms with Gasteiger partial charge in [0.2, 0.25) is 0 Å². The van der Waals surface area contributed by atoms with Gasteiger partial charge in [0.25, 0.3) is 0 Å². The molecule has 1 rings (SSSR count). The molecular weight excluding hydrogens is 259 g/mol. The van der Waals surface area contributed by atoms with E-state index in [0.29, 0.717) is 16.5 Å². The summed E-state index contributed by atoms with van der Waals surface area (Å²) in [5, 5.41) is 0.548. The lowest BCUT2D eigenvalue weighted by molar-refractivity contribution is 0.275. The number of methoxy groups -OCH3 is 1. The van der Waals surface area contributed by atoms with Crippen LogP contribution in [0.2, 0.25) is 5.02 Å². The van der Waals surface area contributed by atoms with E-state index in [-0.39, 0.29) is 0 Å². The van der Waals surface area contributed by atoms with Crippen molar-refractivity contribution in [3.63, 3.8) is 0 Å². The van der Waals surface area contributed by atoms with E-state index >= 15 is 0 Å². The van der Waals surface area contributed by atoms with Gasteiger partial charge in [-0.1, -0.05) is 17.7 Å². The molecule has 0 unspecified atom stereocenters. The number of phosphoric acid groups is 1. The minimum Gasteiger partial charge on any atom is -0.494 e. The molecule has 92 valence electrons. The van der Waals surface area contributed by atoms with Crippen LogP contribution in [-0.4, -0.2) is 21.8 Å². The predicted molar refractivity (Wildman–Crippen MR) is 60.1 cm³/mol. The molecule has 0 spiro atoms. The van der Waals surface area contributed by atoms with Crippen molar-refractivity contribution >= 4 is 25.1 Å². The standard InChI is InChI=1S/C7H9ClN2O.H3O4P/c1-11-6-4-2-3-5(8)7(6)10-9;1-5(2,3)4/h2-4,10H,9H2,1H3;(H3,1,2,3,4). The Bertz CT molecular complexity index is 375. The molecule has 0 saturated heterocycles. The second-order valence-corrected chi connectivity index (χ2v) is 3.91. The van der Waals surface area contributed by atoms with Crippen molar-refractivity contribution in [2.24, 2.45) is 5.84 Å². The van der Waals surface area contributed by atoms with Crippen LogP contribution in [0.3, 0.4) is 0 Å². The van der Waals surface area contributed by atoms with Gasteiger partial charge in [-0.3, -0.25) is 5.84 Å². The third-order valence-corrected chi connectivity index (χ3v) is 1.65. The van der Waals surface area contributed by atoms with Crippen molar-refractivity contribution in [2.45, 2.75) is 0 Å². The normalized spacial score (nSPS) is 10.1. The number of hydrogen-bond donors (Lipinski definition) is 5. The molecule has 0 fully saturated rings. The maximum absolute atomic E-state index is 8.88. The summed E-state index contributed by atoms with van der Waals surface area (Å²) in [4.78, 5) is 21.6. The van der Waals surface area contributed by atoms with Gasteiger partial charge in [-0.05, 0) is 12.1 Å². The zero-order valence-electron chi connectivity index (χ0n) is 8.29. The highest BCUT2D eigenvalue weighted by Gasteiger charge is 2.03. The largest absolute Gasteiger partial charge is 0.494 e. The van der Waals surface area contributed by atoms with Crippen LogP contribution in [-0.2, 0) is 4.57 Å². The van der Waals surface area contributed by atoms with Crippen molar-refractivity contribution in [3.05, 3.63) is 23.2 Å². The van der Waals surface area contributed by atoms with Gasteiger partial charge in [0.1, 0.15) is 11.4 Å². The van der Waals surface area contributed by atoms with Gasteiger partial charge in [-0.25, -0.2) is 4.57 Å². The molecule has 0 amide bonds. The van der Waals surface area contributed by atoms with E-state index in [0.717, 1.165) is 0 Å². The highest BCUT2D eigenvalue weighted by molar-refractivity contribution is 7.45. The number of anilines is 1. The SMILES string of the molecule is COc1cccc(Cl)c1NN.O=P(O)(O)O.